The number of nitrogens with one attached hydrogen (secondary N) is 1. The highest BCUT2D eigenvalue weighted by molar-refractivity contribution is 5.77. The molecule has 3 N–H and O–H groups in total. The Balaban J connectivity index is 2.01. The van der Waals surface area contributed by atoms with E-state index in [1.54, 1.807) is 4.90 Å². The molecule has 1 saturated heterocycles. The molecule has 0 aromatic carbocycles. The Kier molecular flexibility index (Phi) is 7.96. The second-order valence-electron chi connectivity index (χ2n) is 4.84. The average molecular weight is 259 g/mol. The summed E-state index contributed by atoms with van der Waals surface area (Å²) >= 11 is 0. The van der Waals surface area contributed by atoms with Gasteiger partial charge in [-0.25, -0.2) is 0 Å². The Morgan fingerprint density at radius 2 is 1.94 bits per heavy atom. The van der Waals surface area contributed by atoms with Gasteiger partial charge < -0.3 is 19.9 Å². The zero-order valence-electron chi connectivity index (χ0n) is 11.9. The number of hydrogen-bond donors (Lipinski definition) is 2. The molecule has 5 heteroatoms. The molecular weight excluding hydrogens is 230 g/mol. The van der Waals surface area contributed by atoms with Crippen molar-refractivity contribution < 1.29 is 19.7 Å². The summed E-state index contributed by atoms with van der Waals surface area (Å²) in [6.45, 7) is 12.6. The van der Waals surface area contributed by atoms with Crippen molar-refractivity contribution in [1.82, 2.24) is 4.90 Å². The van der Waals surface area contributed by atoms with Crippen LogP contribution in [-0.4, -0.2) is 69.8 Å². The van der Waals surface area contributed by atoms with E-state index in [4.69, 9.17) is 4.74 Å². The van der Waals surface area contributed by atoms with Gasteiger partial charge in [-0.1, -0.05) is 0 Å². The minimum Gasteiger partial charge on any atom is -0.378 e. The molecule has 0 bridgehead atoms. The van der Waals surface area contributed by atoms with Crippen LogP contribution < -0.4 is 10.2 Å². The van der Waals surface area contributed by atoms with Crippen LogP contribution in [0.2, 0.25) is 0 Å². The summed E-state index contributed by atoms with van der Waals surface area (Å²) in [5.74, 6) is 0.258. The van der Waals surface area contributed by atoms with E-state index in [0.717, 1.165) is 19.6 Å². The van der Waals surface area contributed by atoms with E-state index in [-0.39, 0.29) is 5.91 Å². The van der Waals surface area contributed by atoms with Crippen molar-refractivity contribution in [2.45, 2.75) is 20.3 Å². The molecular formula is C13H29N3O2+2. The third-order valence-corrected chi connectivity index (χ3v) is 3.62. The number of morpholine rings is 1. The van der Waals surface area contributed by atoms with E-state index < -0.39 is 0 Å². The topological polar surface area (TPSA) is 50.6 Å². The molecule has 5 nitrogen and oxygen atoms in total. The number of amides is 1. The fourth-order valence-corrected chi connectivity index (χ4v) is 2.27. The summed E-state index contributed by atoms with van der Waals surface area (Å²) in [6.07, 6.45) is 1.19. The maximum atomic E-state index is 11.8. The minimum absolute atomic E-state index is 0.258. The number of hydrogen-bond acceptors (Lipinski definition) is 2. The standard InChI is InChI=1S/C13H27N3O2/c1-3-15(4-2)7-5-6-14-12-13(17)16-8-10-18-11-9-16/h14H,3-12H2,1-2H3/p+2. The lowest BCUT2D eigenvalue weighted by Crippen LogP contribution is -3.11. The first-order chi connectivity index (χ1) is 8.77. The molecule has 1 fully saturated rings. The molecule has 0 atom stereocenters. The van der Waals surface area contributed by atoms with E-state index >= 15 is 0 Å². The van der Waals surface area contributed by atoms with Crippen LogP contribution >= 0.6 is 0 Å². The Bertz CT molecular complexity index is 226. The van der Waals surface area contributed by atoms with Gasteiger partial charge in [0.2, 0.25) is 0 Å². The smallest absolute Gasteiger partial charge is 0.277 e. The molecule has 106 valence electrons. The zero-order valence-corrected chi connectivity index (χ0v) is 11.9. The summed E-state index contributed by atoms with van der Waals surface area (Å²) in [7, 11) is 0. The largest absolute Gasteiger partial charge is 0.378 e. The quantitative estimate of drug-likeness (QED) is 0.483. The van der Waals surface area contributed by atoms with E-state index in [1.165, 1.54) is 26.1 Å². The van der Waals surface area contributed by atoms with Crippen LogP contribution in [0.4, 0.5) is 0 Å². The number of ether oxygens (including phenoxy) is 1. The highest BCUT2D eigenvalue weighted by Gasteiger charge is 2.17. The third-order valence-electron chi connectivity index (χ3n) is 3.62. The van der Waals surface area contributed by atoms with E-state index in [1.807, 2.05) is 4.90 Å². The first kappa shape index (κ1) is 15.4. The fourth-order valence-electron chi connectivity index (χ4n) is 2.27. The Morgan fingerprint density at radius 3 is 2.56 bits per heavy atom. The number of quaternary nitrogens is 2. The molecule has 0 spiro atoms. The van der Waals surface area contributed by atoms with Gasteiger partial charge in [0, 0.05) is 19.5 Å². The lowest BCUT2D eigenvalue weighted by molar-refractivity contribution is -0.898. The normalized spacial score (nSPS) is 16.3. The maximum absolute atomic E-state index is 11.8. The minimum atomic E-state index is 0.258. The molecule has 18 heavy (non-hydrogen) atoms. The van der Waals surface area contributed by atoms with Gasteiger partial charge >= 0.3 is 0 Å². The van der Waals surface area contributed by atoms with Crippen molar-refractivity contribution in [2.75, 3.05) is 59.0 Å². The van der Waals surface area contributed by atoms with Gasteiger partial charge in [-0.05, 0) is 13.8 Å². The van der Waals surface area contributed by atoms with Crippen LogP contribution in [0.1, 0.15) is 20.3 Å². The van der Waals surface area contributed by atoms with Crippen LogP contribution in [0.3, 0.4) is 0 Å². The predicted octanol–water partition coefficient (Wildman–Crippen LogP) is -2.28. The van der Waals surface area contributed by atoms with Gasteiger partial charge in [0.25, 0.3) is 5.91 Å². The van der Waals surface area contributed by atoms with Crippen molar-refractivity contribution in [3.63, 3.8) is 0 Å². The molecule has 1 rings (SSSR count). The van der Waals surface area contributed by atoms with Gasteiger partial charge in [-0.2, -0.15) is 0 Å². The number of rotatable bonds is 8. The van der Waals surface area contributed by atoms with Crippen molar-refractivity contribution in [2.24, 2.45) is 0 Å². The lowest BCUT2D eigenvalue weighted by atomic mass is 10.3. The number of carbonyl (C=O) groups is 1. The molecule has 0 aromatic heterocycles. The van der Waals surface area contributed by atoms with Gasteiger partial charge in [0.1, 0.15) is 0 Å². The molecule has 0 aromatic rings. The zero-order chi connectivity index (χ0) is 13.2. The molecule has 0 aliphatic carbocycles. The third kappa shape index (κ3) is 5.80. The van der Waals surface area contributed by atoms with E-state index in [0.29, 0.717) is 19.8 Å². The van der Waals surface area contributed by atoms with Crippen LogP contribution in [0, 0.1) is 0 Å². The average Bonchev–Trinajstić information content (AvgIpc) is 2.43. The number of carbonyl (C=O) groups excluding carboxylic acids is 1. The van der Waals surface area contributed by atoms with Crippen molar-refractivity contribution in [3.8, 4) is 0 Å². The second-order valence-corrected chi connectivity index (χ2v) is 4.84. The SMILES string of the molecule is CC[NH+](CC)CCC[NH2+]CC(=O)N1CCOCC1. The first-order valence-electron chi connectivity index (χ1n) is 7.28. The number of nitrogens with two attached hydrogens (primary N) is 1. The van der Waals surface area contributed by atoms with Gasteiger partial charge in [-0.15, -0.1) is 0 Å². The Labute approximate surface area is 110 Å². The first-order valence-corrected chi connectivity index (χ1v) is 7.28. The van der Waals surface area contributed by atoms with E-state index in [2.05, 4.69) is 19.2 Å². The van der Waals surface area contributed by atoms with Crippen LogP contribution in [0.5, 0.6) is 0 Å². The lowest BCUT2D eigenvalue weighted by Gasteiger charge is -2.26. The van der Waals surface area contributed by atoms with Gasteiger partial charge in [-0.3, -0.25) is 4.79 Å². The summed E-state index contributed by atoms with van der Waals surface area (Å²) in [5, 5.41) is 2.14. The predicted molar refractivity (Wildman–Crippen MR) is 70.6 cm³/mol. The van der Waals surface area contributed by atoms with Gasteiger partial charge in [0.05, 0.1) is 39.4 Å². The highest BCUT2D eigenvalue weighted by Crippen LogP contribution is 1.95. The molecule has 0 unspecified atom stereocenters. The monoisotopic (exact) mass is 259 g/mol. The summed E-state index contributed by atoms with van der Waals surface area (Å²) in [6, 6.07) is 0. The summed E-state index contributed by atoms with van der Waals surface area (Å²) < 4.78 is 5.24. The molecule has 0 radical (unpaired) electrons. The Morgan fingerprint density at radius 1 is 1.28 bits per heavy atom. The highest BCUT2D eigenvalue weighted by atomic mass is 16.5. The van der Waals surface area contributed by atoms with Crippen molar-refractivity contribution >= 4 is 5.91 Å². The maximum Gasteiger partial charge on any atom is 0.277 e. The van der Waals surface area contributed by atoms with Crippen LogP contribution in [0.25, 0.3) is 0 Å². The summed E-state index contributed by atoms with van der Waals surface area (Å²) in [4.78, 5) is 15.4. The molecule has 1 amide bonds. The fraction of sp³-hybridized carbons (Fsp3) is 0.923. The van der Waals surface area contributed by atoms with Crippen molar-refractivity contribution in [1.29, 1.82) is 0 Å². The number of nitrogens with zero attached hydrogens (tertiary/aromatic N) is 1. The van der Waals surface area contributed by atoms with Crippen LogP contribution in [0.15, 0.2) is 0 Å². The molecule has 0 saturated carbocycles. The van der Waals surface area contributed by atoms with Gasteiger partial charge in [0.15, 0.2) is 6.54 Å². The van der Waals surface area contributed by atoms with E-state index in [9.17, 15) is 4.79 Å². The van der Waals surface area contributed by atoms with Crippen molar-refractivity contribution in [3.05, 3.63) is 0 Å². The second kappa shape index (κ2) is 9.30. The summed E-state index contributed by atoms with van der Waals surface area (Å²) in [5.41, 5.74) is 0. The van der Waals surface area contributed by atoms with Crippen LogP contribution in [-0.2, 0) is 9.53 Å². The Hall–Kier alpha value is -0.650. The molecule has 1 aliphatic heterocycles. The molecule has 1 aliphatic rings. The molecule has 1 heterocycles.